The Balaban J connectivity index is 1.87. The third kappa shape index (κ3) is 3.43. The van der Waals surface area contributed by atoms with Gasteiger partial charge in [0.05, 0.1) is 12.8 Å². The lowest BCUT2D eigenvalue weighted by atomic mass is 10.2. The van der Waals surface area contributed by atoms with Crippen LogP contribution in [0.2, 0.25) is 0 Å². The summed E-state index contributed by atoms with van der Waals surface area (Å²) in [6, 6.07) is 9.71. The highest BCUT2D eigenvalue weighted by Crippen LogP contribution is 2.33. The number of amides is 2. The molecule has 25 heavy (non-hydrogen) atoms. The third-order valence-corrected chi connectivity index (χ3v) is 4.23. The highest BCUT2D eigenvalue weighted by Gasteiger charge is 2.34. The van der Waals surface area contributed by atoms with Crippen molar-refractivity contribution >= 4 is 39.2 Å². The standard InChI is InChI=1S/C17H16BrN3O4/c1-10(17(23)19-11-5-3-4-6-12(11)24-2)21-15(22)9-25-13-7-8-14(18)20-16(13)21/h3-8,10H,9H2,1-2H3,(H,19,23). The molecule has 1 aromatic carbocycles. The SMILES string of the molecule is COc1ccccc1NC(=O)C(C)N1C(=O)COc2ccc(Br)nc21. The average Bonchev–Trinajstić information content (AvgIpc) is 2.61. The van der Waals surface area contributed by atoms with E-state index in [1.807, 2.05) is 0 Å². The first kappa shape index (κ1) is 17.2. The molecule has 2 amide bonds. The van der Waals surface area contributed by atoms with Crippen molar-refractivity contribution in [2.75, 3.05) is 23.9 Å². The Labute approximate surface area is 153 Å². The minimum Gasteiger partial charge on any atom is -0.495 e. The zero-order valence-electron chi connectivity index (χ0n) is 13.7. The van der Waals surface area contributed by atoms with E-state index < -0.39 is 6.04 Å². The molecule has 2 heterocycles. The van der Waals surface area contributed by atoms with E-state index in [0.717, 1.165) is 0 Å². The number of nitrogens with one attached hydrogen (secondary N) is 1. The third-order valence-electron chi connectivity index (χ3n) is 3.78. The van der Waals surface area contributed by atoms with Crippen molar-refractivity contribution in [1.82, 2.24) is 4.98 Å². The maximum atomic E-state index is 12.7. The van der Waals surface area contributed by atoms with Crippen LogP contribution in [-0.4, -0.2) is 36.6 Å². The maximum absolute atomic E-state index is 12.7. The first-order chi connectivity index (χ1) is 12.0. The topological polar surface area (TPSA) is 80.8 Å². The molecule has 1 atom stereocenters. The molecule has 7 nitrogen and oxygen atoms in total. The van der Waals surface area contributed by atoms with Gasteiger partial charge in [0.1, 0.15) is 16.4 Å². The number of rotatable bonds is 4. The van der Waals surface area contributed by atoms with Gasteiger partial charge in [-0.25, -0.2) is 4.98 Å². The fraction of sp³-hybridized carbons (Fsp3) is 0.235. The molecule has 0 saturated carbocycles. The van der Waals surface area contributed by atoms with Crippen LogP contribution in [0, 0.1) is 0 Å². The van der Waals surface area contributed by atoms with Crippen molar-refractivity contribution in [2.24, 2.45) is 0 Å². The first-order valence-electron chi connectivity index (χ1n) is 7.56. The number of carbonyl (C=O) groups is 2. The second kappa shape index (κ2) is 7.10. The van der Waals surface area contributed by atoms with Crippen molar-refractivity contribution in [3.8, 4) is 11.5 Å². The van der Waals surface area contributed by atoms with Gasteiger partial charge in [-0.1, -0.05) is 12.1 Å². The Kier molecular flexibility index (Phi) is 4.89. The number of carbonyl (C=O) groups excluding carboxylic acids is 2. The number of fused-ring (bicyclic) bond motifs is 1. The molecule has 1 aliphatic rings. The molecule has 0 fully saturated rings. The Bertz CT molecular complexity index is 827. The summed E-state index contributed by atoms with van der Waals surface area (Å²) in [5, 5.41) is 2.79. The molecule has 1 N–H and O–H groups in total. The zero-order chi connectivity index (χ0) is 18.0. The van der Waals surface area contributed by atoms with E-state index in [4.69, 9.17) is 9.47 Å². The molecule has 3 rings (SSSR count). The van der Waals surface area contributed by atoms with Gasteiger partial charge in [0.2, 0.25) is 5.91 Å². The summed E-state index contributed by atoms with van der Waals surface area (Å²) in [4.78, 5) is 30.6. The highest BCUT2D eigenvalue weighted by molar-refractivity contribution is 9.10. The Hall–Kier alpha value is -2.61. The summed E-state index contributed by atoms with van der Waals surface area (Å²) < 4.78 is 11.2. The molecular weight excluding hydrogens is 390 g/mol. The van der Waals surface area contributed by atoms with E-state index in [9.17, 15) is 9.59 Å². The monoisotopic (exact) mass is 405 g/mol. The predicted octanol–water partition coefficient (Wildman–Crippen LogP) is 2.61. The molecule has 0 saturated heterocycles. The number of hydrogen-bond donors (Lipinski definition) is 1. The van der Waals surface area contributed by atoms with Crippen LogP contribution in [0.15, 0.2) is 41.0 Å². The van der Waals surface area contributed by atoms with Gasteiger partial charge in [-0.2, -0.15) is 0 Å². The molecule has 1 aliphatic heterocycles. The number of para-hydroxylation sites is 2. The van der Waals surface area contributed by atoms with Crippen molar-refractivity contribution in [3.63, 3.8) is 0 Å². The number of ether oxygens (including phenoxy) is 2. The van der Waals surface area contributed by atoms with Crippen LogP contribution in [0.25, 0.3) is 0 Å². The molecule has 0 radical (unpaired) electrons. The number of methoxy groups -OCH3 is 1. The average molecular weight is 406 g/mol. The summed E-state index contributed by atoms with van der Waals surface area (Å²) in [5.41, 5.74) is 0.532. The molecule has 1 aromatic heterocycles. The molecule has 2 aromatic rings. The molecular formula is C17H16BrN3O4. The maximum Gasteiger partial charge on any atom is 0.266 e. The first-order valence-corrected chi connectivity index (χ1v) is 8.36. The summed E-state index contributed by atoms with van der Waals surface area (Å²) >= 11 is 3.27. The van der Waals surface area contributed by atoms with Gasteiger partial charge in [0.25, 0.3) is 5.91 Å². The number of nitrogens with zero attached hydrogens (tertiary/aromatic N) is 2. The number of hydrogen-bond acceptors (Lipinski definition) is 5. The van der Waals surface area contributed by atoms with Crippen LogP contribution >= 0.6 is 15.9 Å². The van der Waals surface area contributed by atoms with Crippen LogP contribution in [-0.2, 0) is 9.59 Å². The molecule has 130 valence electrons. The number of benzene rings is 1. The summed E-state index contributed by atoms with van der Waals surface area (Å²) in [6.45, 7) is 1.50. The Morgan fingerprint density at radius 2 is 2.12 bits per heavy atom. The number of aromatic nitrogens is 1. The zero-order valence-corrected chi connectivity index (χ0v) is 15.2. The van der Waals surface area contributed by atoms with Crippen LogP contribution in [0.4, 0.5) is 11.5 Å². The van der Waals surface area contributed by atoms with E-state index in [1.165, 1.54) is 12.0 Å². The molecule has 0 aliphatic carbocycles. The molecule has 0 spiro atoms. The summed E-state index contributed by atoms with van der Waals surface area (Å²) in [6.07, 6.45) is 0. The van der Waals surface area contributed by atoms with E-state index >= 15 is 0 Å². The van der Waals surface area contributed by atoms with E-state index in [2.05, 4.69) is 26.2 Å². The van der Waals surface area contributed by atoms with E-state index in [1.54, 1.807) is 43.3 Å². The van der Waals surface area contributed by atoms with Gasteiger partial charge in [0, 0.05) is 0 Å². The molecule has 1 unspecified atom stereocenters. The van der Waals surface area contributed by atoms with Gasteiger partial charge in [-0.15, -0.1) is 0 Å². The van der Waals surface area contributed by atoms with E-state index in [-0.39, 0.29) is 18.4 Å². The van der Waals surface area contributed by atoms with Crippen molar-refractivity contribution in [3.05, 3.63) is 41.0 Å². The lowest BCUT2D eigenvalue weighted by Crippen LogP contribution is -2.50. The van der Waals surface area contributed by atoms with Crippen LogP contribution in [0.3, 0.4) is 0 Å². The van der Waals surface area contributed by atoms with Crippen molar-refractivity contribution in [1.29, 1.82) is 0 Å². The smallest absolute Gasteiger partial charge is 0.266 e. The highest BCUT2D eigenvalue weighted by atomic mass is 79.9. The van der Waals surface area contributed by atoms with E-state index in [0.29, 0.717) is 27.6 Å². The largest absolute Gasteiger partial charge is 0.495 e. The minimum atomic E-state index is -0.776. The second-order valence-corrected chi connectivity index (χ2v) is 6.19. The van der Waals surface area contributed by atoms with Gasteiger partial charge < -0.3 is 14.8 Å². The normalized spacial score (nSPS) is 14.4. The summed E-state index contributed by atoms with van der Waals surface area (Å²) in [7, 11) is 1.53. The van der Waals surface area contributed by atoms with Gasteiger partial charge in [-0.3, -0.25) is 14.5 Å². The quantitative estimate of drug-likeness (QED) is 0.790. The lowest BCUT2D eigenvalue weighted by Gasteiger charge is -2.32. The Morgan fingerprint density at radius 3 is 2.88 bits per heavy atom. The van der Waals surface area contributed by atoms with Gasteiger partial charge in [-0.05, 0) is 47.1 Å². The number of halogens is 1. The van der Waals surface area contributed by atoms with Crippen LogP contribution < -0.4 is 19.7 Å². The fourth-order valence-corrected chi connectivity index (χ4v) is 2.83. The molecule has 8 heteroatoms. The second-order valence-electron chi connectivity index (χ2n) is 5.37. The van der Waals surface area contributed by atoms with Crippen LogP contribution in [0.1, 0.15) is 6.92 Å². The van der Waals surface area contributed by atoms with Crippen LogP contribution in [0.5, 0.6) is 11.5 Å². The number of pyridine rings is 1. The van der Waals surface area contributed by atoms with Gasteiger partial charge >= 0.3 is 0 Å². The van der Waals surface area contributed by atoms with Gasteiger partial charge in [0.15, 0.2) is 18.2 Å². The van der Waals surface area contributed by atoms with Crippen molar-refractivity contribution in [2.45, 2.75) is 13.0 Å². The fourth-order valence-electron chi connectivity index (χ4n) is 2.53. The Morgan fingerprint density at radius 1 is 1.36 bits per heavy atom. The minimum absolute atomic E-state index is 0.136. The van der Waals surface area contributed by atoms with Crippen molar-refractivity contribution < 1.29 is 19.1 Å². The lowest BCUT2D eigenvalue weighted by molar-refractivity contribution is -0.125. The number of anilines is 2. The predicted molar refractivity (Wildman–Crippen MR) is 96.0 cm³/mol. The molecule has 0 bridgehead atoms. The summed E-state index contributed by atoms with van der Waals surface area (Å²) in [5.74, 6) is 0.624.